The molecule has 1 saturated carbocycles. The van der Waals surface area contributed by atoms with Crippen molar-refractivity contribution in [3.63, 3.8) is 0 Å². The van der Waals surface area contributed by atoms with Gasteiger partial charge in [-0.25, -0.2) is 0 Å². The van der Waals surface area contributed by atoms with Gasteiger partial charge in [-0.15, -0.1) is 0 Å². The van der Waals surface area contributed by atoms with Gasteiger partial charge in [-0.2, -0.15) is 0 Å². The molecule has 100 valence electrons. The summed E-state index contributed by atoms with van der Waals surface area (Å²) in [7, 11) is 4.41. The molecule has 0 amide bonds. The Labute approximate surface area is 105 Å². The number of hydrazine groups is 1. The van der Waals surface area contributed by atoms with E-state index in [2.05, 4.69) is 24.4 Å². The van der Waals surface area contributed by atoms with E-state index in [9.17, 15) is 0 Å². The highest BCUT2D eigenvalue weighted by atomic mass is 16.5. The first-order valence-corrected chi connectivity index (χ1v) is 6.92. The van der Waals surface area contributed by atoms with E-state index in [1.54, 1.807) is 0 Å². The Morgan fingerprint density at radius 2 is 1.82 bits per heavy atom. The molecule has 2 aliphatic rings. The molecule has 1 heterocycles. The predicted molar refractivity (Wildman–Crippen MR) is 69.5 cm³/mol. The third-order valence-corrected chi connectivity index (χ3v) is 4.86. The monoisotopic (exact) mass is 241 g/mol. The lowest BCUT2D eigenvalue weighted by Crippen LogP contribution is -2.62. The van der Waals surface area contributed by atoms with Crippen molar-refractivity contribution >= 4 is 0 Å². The van der Waals surface area contributed by atoms with Gasteiger partial charge in [0.1, 0.15) is 0 Å². The summed E-state index contributed by atoms with van der Waals surface area (Å²) in [6.45, 7) is 1.79. The molecule has 1 aliphatic heterocycles. The van der Waals surface area contributed by atoms with Crippen molar-refractivity contribution in [2.45, 2.75) is 50.1 Å². The van der Waals surface area contributed by atoms with Gasteiger partial charge in [0.2, 0.25) is 0 Å². The maximum absolute atomic E-state index is 5.89. The summed E-state index contributed by atoms with van der Waals surface area (Å²) in [6.07, 6.45) is 7.49. The molecular weight excluding hydrogens is 214 g/mol. The van der Waals surface area contributed by atoms with Crippen molar-refractivity contribution in [3.05, 3.63) is 0 Å². The summed E-state index contributed by atoms with van der Waals surface area (Å²) in [5, 5.41) is 0. The second-order valence-electron chi connectivity index (χ2n) is 5.80. The van der Waals surface area contributed by atoms with Gasteiger partial charge in [0, 0.05) is 24.8 Å². The maximum atomic E-state index is 5.89. The Bertz CT molecular complexity index is 233. The molecular formula is C13H27N3O. The van der Waals surface area contributed by atoms with Crippen LogP contribution in [0.25, 0.3) is 0 Å². The number of nitrogens with zero attached hydrogens (tertiary/aromatic N) is 1. The van der Waals surface area contributed by atoms with E-state index < -0.39 is 0 Å². The smallest absolute Gasteiger partial charge is 0.0469 e. The van der Waals surface area contributed by atoms with Crippen LogP contribution in [0, 0.1) is 5.92 Å². The van der Waals surface area contributed by atoms with Crippen LogP contribution in [-0.2, 0) is 4.74 Å². The van der Waals surface area contributed by atoms with E-state index in [4.69, 9.17) is 10.6 Å². The zero-order chi connectivity index (χ0) is 12.3. The zero-order valence-electron chi connectivity index (χ0n) is 11.2. The summed E-state index contributed by atoms with van der Waals surface area (Å²) in [6, 6.07) is 0.406. The molecule has 0 aromatic heterocycles. The molecule has 0 spiro atoms. The number of hydrogen-bond donors (Lipinski definition) is 2. The van der Waals surface area contributed by atoms with Gasteiger partial charge in [-0.3, -0.25) is 11.3 Å². The first kappa shape index (κ1) is 13.3. The van der Waals surface area contributed by atoms with E-state index in [1.165, 1.54) is 25.7 Å². The summed E-state index contributed by atoms with van der Waals surface area (Å²) < 4.78 is 5.47. The Hall–Kier alpha value is -0.160. The van der Waals surface area contributed by atoms with E-state index in [1.807, 2.05) is 0 Å². The maximum Gasteiger partial charge on any atom is 0.0469 e. The van der Waals surface area contributed by atoms with Crippen molar-refractivity contribution in [1.29, 1.82) is 0 Å². The topological polar surface area (TPSA) is 50.5 Å². The van der Waals surface area contributed by atoms with Crippen molar-refractivity contribution in [2.24, 2.45) is 11.8 Å². The summed E-state index contributed by atoms with van der Waals surface area (Å²) in [5.41, 5.74) is 3.40. The van der Waals surface area contributed by atoms with Crippen LogP contribution in [-0.4, -0.2) is 43.8 Å². The molecule has 0 aromatic carbocycles. The molecule has 4 heteroatoms. The van der Waals surface area contributed by atoms with Crippen LogP contribution in [0.3, 0.4) is 0 Å². The van der Waals surface area contributed by atoms with Gasteiger partial charge < -0.3 is 9.64 Å². The SMILES string of the molecule is CN(C)C1(C(NN)C2CCOCC2)CCCC1. The molecule has 2 rings (SSSR count). The third-order valence-electron chi connectivity index (χ3n) is 4.86. The molecule has 2 fully saturated rings. The molecule has 1 aliphatic carbocycles. The standard InChI is InChI=1S/C13H27N3O/c1-16(2)13(7-3-4-8-13)12(15-14)11-5-9-17-10-6-11/h11-12,15H,3-10,14H2,1-2H3. The van der Waals surface area contributed by atoms with Crippen LogP contribution in [0.1, 0.15) is 38.5 Å². The summed E-state index contributed by atoms with van der Waals surface area (Å²) >= 11 is 0. The predicted octanol–water partition coefficient (Wildman–Crippen LogP) is 1.12. The number of likely N-dealkylation sites (N-methyl/N-ethyl adjacent to an activating group) is 1. The molecule has 3 N–H and O–H groups in total. The fourth-order valence-electron chi connectivity index (χ4n) is 3.80. The number of nitrogens with one attached hydrogen (secondary N) is 1. The Kier molecular flexibility index (Phi) is 4.42. The van der Waals surface area contributed by atoms with Crippen molar-refractivity contribution in [3.8, 4) is 0 Å². The Morgan fingerprint density at radius 3 is 2.29 bits per heavy atom. The molecule has 4 nitrogen and oxygen atoms in total. The van der Waals surface area contributed by atoms with E-state index in [0.29, 0.717) is 12.0 Å². The minimum atomic E-state index is 0.261. The van der Waals surface area contributed by atoms with Gasteiger partial charge in [-0.05, 0) is 45.7 Å². The third kappa shape index (κ3) is 2.50. The lowest BCUT2D eigenvalue weighted by atomic mass is 9.76. The van der Waals surface area contributed by atoms with Crippen LogP contribution in [0.2, 0.25) is 0 Å². The van der Waals surface area contributed by atoms with Crippen LogP contribution in [0.5, 0.6) is 0 Å². The molecule has 1 saturated heterocycles. The lowest BCUT2D eigenvalue weighted by Gasteiger charge is -2.47. The Morgan fingerprint density at radius 1 is 1.24 bits per heavy atom. The first-order chi connectivity index (χ1) is 8.20. The van der Waals surface area contributed by atoms with Crippen molar-refractivity contribution in [1.82, 2.24) is 10.3 Å². The lowest BCUT2D eigenvalue weighted by molar-refractivity contribution is 0.00983. The average molecular weight is 241 g/mol. The highest BCUT2D eigenvalue weighted by molar-refractivity contribution is 5.04. The van der Waals surface area contributed by atoms with Gasteiger partial charge in [0.05, 0.1) is 0 Å². The number of ether oxygens (including phenoxy) is 1. The molecule has 0 aromatic rings. The quantitative estimate of drug-likeness (QED) is 0.572. The zero-order valence-corrected chi connectivity index (χ0v) is 11.2. The van der Waals surface area contributed by atoms with Crippen LogP contribution in [0.4, 0.5) is 0 Å². The van der Waals surface area contributed by atoms with E-state index >= 15 is 0 Å². The molecule has 0 bridgehead atoms. The van der Waals surface area contributed by atoms with Crippen molar-refractivity contribution < 1.29 is 4.74 Å². The van der Waals surface area contributed by atoms with Crippen LogP contribution < -0.4 is 11.3 Å². The fraction of sp³-hybridized carbons (Fsp3) is 1.00. The summed E-state index contributed by atoms with van der Waals surface area (Å²) in [5.74, 6) is 6.55. The van der Waals surface area contributed by atoms with Gasteiger partial charge >= 0.3 is 0 Å². The molecule has 1 atom stereocenters. The largest absolute Gasteiger partial charge is 0.381 e. The molecule has 1 unspecified atom stereocenters. The molecule has 17 heavy (non-hydrogen) atoms. The Balaban J connectivity index is 2.13. The van der Waals surface area contributed by atoms with Crippen LogP contribution >= 0.6 is 0 Å². The highest BCUT2D eigenvalue weighted by Crippen LogP contribution is 2.40. The van der Waals surface area contributed by atoms with E-state index in [0.717, 1.165) is 26.1 Å². The minimum absolute atomic E-state index is 0.261. The van der Waals surface area contributed by atoms with Gasteiger partial charge in [0.25, 0.3) is 0 Å². The number of hydrogen-bond acceptors (Lipinski definition) is 4. The number of rotatable bonds is 4. The van der Waals surface area contributed by atoms with Crippen LogP contribution in [0.15, 0.2) is 0 Å². The normalized spacial score (nSPS) is 27.5. The second-order valence-corrected chi connectivity index (χ2v) is 5.80. The minimum Gasteiger partial charge on any atom is -0.381 e. The first-order valence-electron chi connectivity index (χ1n) is 6.92. The number of nitrogens with two attached hydrogens (primary N) is 1. The fourth-order valence-corrected chi connectivity index (χ4v) is 3.80. The average Bonchev–Trinajstić information content (AvgIpc) is 2.82. The van der Waals surface area contributed by atoms with E-state index in [-0.39, 0.29) is 5.54 Å². The van der Waals surface area contributed by atoms with Crippen molar-refractivity contribution in [2.75, 3.05) is 27.3 Å². The highest BCUT2D eigenvalue weighted by Gasteiger charge is 2.46. The van der Waals surface area contributed by atoms with Gasteiger partial charge in [-0.1, -0.05) is 12.8 Å². The summed E-state index contributed by atoms with van der Waals surface area (Å²) in [4.78, 5) is 2.40. The molecule has 0 radical (unpaired) electrons. The second kappa shape index (κ2) is 5.65. The van der Waals surface area contributed by atoms with Gasteiger partial charge in [0.15, 0.2) is 0 Å².